The fourth-order valence-corrected chi connectivity index (χ4v) is 1.34. The van der Waals surface area contributed by atoms with Crippen LogP contribution < -0.4 is 10.6 Å². The van der Waals surface area contributed by atoms with E-state index in [0.29, 0.717) is 22.2 Å². The van der Waals surface area contributed by atoms with Crippen LogP contribution >= 0.6 is 11.6 Å². The van der Waals surface area contributed by atoms with E-state index in [4.69, 9.17) is 11.6 Å². The predicted molar refractivity (Wildman–Crippen MR) is 63.0 cm³/mol. The van der Waals surface area contributed by atoms with Crippen LogP contribution in [0.4, 0.5) is 16.3 Å². The molecule has 8 heteroatoms. The van der Waals surface area contributed by atoms with Crippen molar-refractivity contribution in [3.05, 3.63) is 29.2 Å². The highest BCUT2D eigenvalue weighted by molar-refractivity contribution is 6.30. The molecule has 2 heterocycles. The number of halogens is 1. The molecule has 0 saturated heterocycles. The maximum Gasteiger partial charge on any atom is 0.324 e. The number of aromatic amines is 1. The molecule has 0 fully saturated rings. The zero-order valence-electron chi connectivity index (χ0n) is 8.86. The van der Waals surface area contributed by atoms with Crippen molar-refractivity contribution in [2.45, 2.75) is 6.92 Å². The summed E-state index contributed by atoms with van der Waals surface area (Å²) in [5.41, 5.74) is 1.29. The molecule has 0 spiro atoms. The Kier molecular flexibility index (Phi) is 3.20. The molecule has 0 atom stereocenters. The highest BCUT2D eigenvalue weighted by Crippen LogP contribution is 2.20. The number of nitrogens with zero attached hydrogens (tertiary/aromatic N) is 3. The molecule has 2 amide bonds. The number of carbonyl (C=O) groups excluding carboxylic acids is 1. The Morgan fingerprint density at radius 3 is 3.00 bits per heavy atom. The van der Waals surface area contributed by atoms with Crippen molar-refractivity contribution >= 4 is 29.1 Å². The molecule has 0 radical (unpaired) electrons. The molecule has 0 aliphatic heterocycles. The fourth-order valence-electron chi connectivity index (χ4n) is 1.18. The summed E-state index contributed by atoms with van der Waals surface area (Å²) in [5.74, 6) is 0.334. The van der Waals surface area contributed by atoms with Crippen molar-refractivity contribution in [2.24, 2.45) is 0 Å². The number of rotatable bonds is 2. The van der Waals surface area contributed by atoms with E-state index in [-0.39, 0.29) is 0 Å². The monoisotopic (exact) mass is 252 g/mol. The van der Waals surface area contributed by atoms with Gasteiger partial charge in [0.2, 0.25) is 0 Å². The number of hydrogen-bond donors (Lipinski definition) is 3. The van der Waals surface area contributed by atoms with Crippen LogP contribution in [0.25, 0.3) is 0 Å². The number of aromatic nitrogens is 4. The van der Waals surface area contributed by atoms with Crippen molar-refractivity contribution < 1.29 is 4.79 Å². The molecule has 0 aliphatic rings. The van der Waals surface area contributed by atoms with Gasteiger partial charge in [0.05, 0.1) is 6.20 Å². The number of amides is 2. The molecular formula is C9H9ClN6O. The number of H-pyrrole nitrogens is 1. The summed E-state index contributed by atoms with van der Waals surface area (Å²) < 4.78 is 0. The third kappa shape index (κ3) is 2.70. The van der Waals surface area contributed by atoms with E-state index in [1.807, 2.05) is 0 Å². The first kappa shape index (κ1) is 11.3. The van der Waals surface area contributed by atoms with Gasteiger partial charge in [-0.25, -0.2) is 9.78 Å². The molecule has 2 rings (SSSR count). The van der Waals surface area contributed by atoms with Gasteiger partial charge in [-0.2, -0.15) is 10.3 Å². The molecule has 0 unspecified atom stereocenters. The molecule has 3 N–H and O–H groups in total. The van der Waals surface area contributed by atoms with Gasteiger partial charge in [0.15, 0.2) is 5.82 Å². The molecule has 0 saturated carbocycles. The molecular weight excluding hydrogens is 244 g/mol. The van der Waals surface area contributed by atoms with Gasteiger partial charge in [0.25, 0.3) is 0 Å². The molecule has 7 nitrogen and oxygen atoms in total. The van der Waals surface area contributed by atoms with Gasteiger partial charge in [0.1, 0.15) is 5.15 Å². The minimum absolute atomic E-state index is 0.334. The third-order valence-electron chi connectivity index (χ3n) is 2.05. The van der Waals surface area contributed by atoms with Crippen LogP contribution in [0.3, 0.4) is 0 Å². The van der Waals surface area contributed by atoms with Crippen molar-refractivity contribution in [3.63, 3.8) is 0 Å². The molecule has 0 aliphatic carbocycles. The molecule has 2 aromatic rings. The van der Waals surface area contributed by atoms with Crippen molar-refractivity contribution in [1.29, 1.82) is 0 Å². The van der Waals surface area contributed by atoms with E-state index in [0.717, 1.165) is 0 Å². The minimum atomic E-state index is -0.427. The molecule has 0 bridgehead atoms. The Hall–Kier alpha value is -2.15. The standard InChI is InChI=1S/C9H9ClN6O/c1-5-6(2-3-11-8(5)10)13-9(17)14-7-4-12-16-15-7/h2-4H,1H3,(H3,11,12,13,14,15,16,17). The Bertz CT molecular complexity index is 526. The third-order valence-corrected chi connectivity index (χ3v) is 2.43. The summed E-state index contributed by atoms with van der Waals surface area (Å²) in [6.45, 7) is 1.76. The van der Waals surface area contributed by atoms with Crippen molar-refractivity contribution in [1.82, 2.24) is 20.4 Å². The SMILES string of the molecule is Cc1c(NC(=O)Nc2cn[nH]n2)ccnc1Cl. The molecule has 88 valence electrons. The first-order chi connectivity index (χ1) is 8.16. The average molecular weight is 253 g/mol. The number of urea groups is 1. The number of anilines is 2. The van der Waals surface area contributed by atoms with Crippen LogP contribution in [0, 0.1) is 6.92 Å². The number of carbonyl (C=O) groups is 1. The lowest BCUT2D eigenvalue weighted by atomic mass is 10.2. The Morgan fingerprint density at radius 1 is 1.47 bits per heavy atom. The Morgan fingerprint density at radius 2 is 2.29 bits per heavy atom. The lowest BCUT2D eigenvalue weighted by Crippen LogP contribution is -2.20. The maximum absolute atomic E-state index is 11.6. The normalized spacial score (nSPS) is 10.0. The van der Waals surface area contributed by atoms with E-state index in [1.54, 1.807) is 13.0 Å². The van der Waals surface area contributed by atoms with Gasteiger partial charge < -0.3 is 5.32 Å². The van der Waals surface area contributed by atoms with Gasteiger partial charge >= 0.3 is 6.03 Å². The van der Waals surface area contributed by atoms with Gasteiger partial charge in [0, 0.05) is 17.4 Å². The summed E-state index contributed by atoms with van der Waals surface area (Å²) in [7, 11) is 0. The van der Waals surface area contributed by atoms with Gasteiger partial charge in [-0.3, -0.25) is 5.32 Å². The van der Waals surface area contributed by atoms with E-state index in [9.17, 15) is 4.79 Å². The van der Waals surface area contributed by atoms with Crippen LogP contribution in [0.2, 0.25) is 5.15 Å². The molecule has 0 aromatic carbocycles. The van der Waals surface area contributed by atoms with Crippen LogP contribution in [0.5, 0.6) is 0 Å². The highest BCUT2D eigenvalue weighted by Gasteiger charge is 2.08. The smallest absolute Gasteiger partial charge is 0.307 e. The van der Waals surface area contributed by atoms with Gasteiger partial charge in [-0.15, -0.1) is 5.10 Å². The topological polar surface area (TPSA) is 95.6 Å². The lowest BCUT2D eigenvalue weighted by molar-refractivity contribution is 0.262. The average Bonchev–Trinajstić information content (AvgIpc) is 2.77. The summed E-state index contributed by atoms with van der Waals surface area (Å²) in [6.07, 6.45) is 2.91. The van der Waals surface area contributed by atoms with Crippen LogP contribution in [-0.4, -0.2) is 26.4 Å². The van der Waals surface area contributed by atoms with Crippen LogP contribution in [0.1, 0.15) is 5.56 Å². The first-order valence-corrected chi connectivity index (χ1v) is 5.09. The fraction of sp³-hybridized carbons (Fsp3) is 0.111. The van der Waals surface area contributed by atoms with E-state index in [2.05, 4.69) is 31.0 Å². The second kappa shape index (κ2) is 4.79. The number of pyridine rings is 1. The lowest BCUT2D eigenvalue weighted by Gasteiger charge is -2.08. The van der Waals surface area contributed by atoms with Crippen LogP contribution in [-0.2, 0) is 0 Å². The van der Waals surface area contributed by atoms with Crippen molar-refractivity contribution in [2.75, 3.05) is 10.6 Å². The second-order valence-corrected chi connectivity index (χ2v) is 3.57. The second-order valence-electron chi connectivity index (χ2n) is 3.21. The van der Waals surface area contributed by atoms with Crippen LogP contribution in [0.15, 0.2) is 18.5 Å². The summed E-state index contributed by atoms with van der Waals surface area (Å²) in [4.78, 5) is 15.5. The quantitative estimate of drug-likeness (QED) is 0.710. The van der Waals surface area contributed by atoms with E-state index >= 15 is 0 Å². The Balaban J connectivity index is 2.06. The highest BCUT2D eigenvalue weighted by atomic mass is 35.5. The molecule has 2 aromatic heterocycles. The zero-order valence-corrected chi connectivity index (χ0v) is 9.62. The summed E-state index contributed by atoms with van der Waals surface area (Å²) in [6, 6.07) is 1.23. The van der Waals surface area contributed by atoms with Gasteiger partial charge in [-0.05, 0) is 13.0 Å². The predicted octanol–water partition coefficient (Wildman–Crippen LogP) is 1.81. The molecule has 17 heavy (non-hydrogen) atoms. The largest absolute Gasteiger partial charge is 0.324 e. The zero-order chi connectivity index (χ0) is 12.3. The number of nitrogens with one attached hydrogen (secondary N) is 3. The van der Waals surface area contributed by atoms with E-state index in [1.165, 1.54) is 12.4 Å². The van der Waals surface area contributed by atoms with Crippen molar-refractivity contribution in [3.8, 4) is 0 Å². The van der Waals surface area contributed by atoms with E-state index < -0.39 is 6.03 Å². The summed E-state index contributed by atoms with van der Waals surface area (Å²) in [5, 5.41) is 15.1. The maximum atomic E-state index is 11.6. The van der Waals surface area contributed by atoms with Gasteiger partial charge in [-0.1, -0.05) is 11.6 Å². The minimum Gasteiger partial charge on any atom is -0.307 e. The first-order valence-electron chi connectivity index (χ1n) is 4.71. The number of hydrogen-bond acceptors (Lipinski definition) is 4. The Labute approximate surface area is 102 Å². The summed E-state index contributed by atoms with van der Waals surface area (Å²) >= 11 is 5.83.